The van der Waals surface area contributed by atoms with Gasteiger partial charge in [0.2, 0.25) is 0 Å². The lowest BCUT2D eigenvalue weighted by molar-refractivity contribution is 0.589. The fourth-order valence-corrected chi connectivity index (χ4v) is 2.81. The normalized spacial score (nSPS) is 11.4. The van der Waals surface area contributed by atoms with Crippen molar-refractivity contribution in [2.75, 3.05) is 10.5 Å². The number of anilines is 2. The second kappa shape index (κ2) is 4.30. The van der Waals surface area contributed by atoms with Crippen LogP contribution in [0.25, 0.3) is 0 Å². The monoisotopic (exact) mass is 270 g/mol. The molecule has 18 heavy (non-hydrogen) atoms. The summed E-state index contributed by atoms with van der Waals surface area (Å²) in [6.07, 6.45) is 1.27. The van der Waals surface area contributed by atoms with Crippen LogP contribution < -0.4 is 10.5 Å². The summed E-state index contributed by atoms with van der Waals surface area (Å²) >= 11 is 0. The highest BCUT2D eigenvalue weighted by Gasteiger charge is 2.23. The average Bonchev–Trinajstić information content (AvgIpc) is 2.62. The third-order valence-corrected chi connectivity index (χ3v) is 3.78. The van der Waals surface area contributed by atoms with Gasteiger partial charge in [0, 0.05) is 7.05 Å². The Kier molecular flexibility index (Phi) is 2.95. The molecule has 0 atom stereocenters. The van der Waals surface area contributed by atoms with E-state index in [1.54, 1.807) is 0 Å². The van der Waals surface area contributed by atoms with Gasteiger partial charge in [-0.2, -0.15) is 8.42 Å². The van der Waals surface area contributed by atoms with Crippen LogP contribution in [0.5, 0.6) is 0 Å². The molecule has 1 aromatic carbocycles. The zero-order valence-electron chi connectivity index (χ0n) is 9.46. The molecule has 0 unspecified atom stereocenters. The molecule has 0 aliphatic carbocycles. The predicted molar refractivity (Wildman–Crippen MR) is 64.8 cm³/mol. The van der Waals surface area contributed by atoms with Gasteiger partial charge in [-0.15, -0.1) is 0 Å². The number of hydrogen-bond donors (Lipinski definition) is 2. The van der Waals surface area contributed by atoms with Crippen molar-refractivity contribution < 1.29 is 12.8 Å². The van der Waals surface area contributed by atoms with Gasteiger partial charge >= 0.3 is 0 Å². The molecule has 0 bridgehead atoms. The van der Waals surface area contributed by atoms with Crippen LogP contribution in [0.4, 0.5) is 15.9 Å². The van der Waals surface area contributed by atoms with Crippen molar-refractivity contribution in [1.82, 2.24) is 9.55 Å². The molecule has 3 N–H and O–H groups in total. The summed E-state index contributed by atoms with van der Waals surface area (Å²) in [6, 6.07) is 5.46. The number of rotatable bonds is 3. The van der Waals surface area contributed by atoms with E-state index in [4.69, 9.17) is 5.73 Å². The number of aryl methyl sites for hydroxylation is 1. The van der Waals surface area contributed by atoms with Gasteiger partial charge in [0.05, 0.1) is 12.0 Å². The van der Waals surface area contributed by atoms with E-state index < -0.39 is 15.8 Å². The second-order valence-electron chi connectivity index (χ2n) is 3.63. The molecule has 0 aliphatic heterocycles. The molecule has 6 nitrogen and oxygen atoms in total. The first-order valence-corrected chi connectivity index (χ1v) is 6.44. The topological polar surface area (TPSA) is 90.0 Å². The van der Waals surface area contributed by atoms with E-state index in [9.17, 15) is 12.8 Å². The Hall–Kier alpha value is -2.09. The van der Waals surface area contributed by atoms with Gasteiger partial charge in [-0.1, -0.05) is 12.1 Å². The zero-order valence-corrected chi connectivity index (χ0v) is 10.3. The van der Waals surface area contributed by atoms with Crippen LogP contribution in [0.3, 0.4) is 0 Å². The van der Waals surface area contributed by atoms with Gasteiger partial charge in [0.15, 0.2) is 10.8 Å². The number of nitrogens with two attached hydrogens (primary N) is 1. The highest BCUT2D eigenvalue weighted by atomic mass is 32.2. The fraction of sp³-hybridized carbons (Fsp3) is 0.100. The smallest absolute Gasteiger partial charge is 0.281 e. The summed E-state index contributed by atoms with van der Waals surface area (Å²) in [5, 5.41) is -0.203. The molecule has 0 fully saturated rings. The third kappa shape index (κ3) is 2.14. The molecule has 2 aromatic rings. The van der Waals surface area contributed by atoms with Gasteiger partial charge in [-0.3, -0.25) is 4.72 Å². The van der Waals surface area contributed by atoms with Crippen molar-refractivity contribution in [3.05, 3.63) is 36.4 Å². The van der Waals surface area contributed by atoms with Gasteiger partial charge in [-0.25, -0.2) is 9.37 Å². The minimum absolute atomic E-state index is 0.138. The van der Waals surface area contributed by atoms with Crippen LogP contribution in [0.15, 0.2) is 35.6 Å². The van der Waals surface area contributed by atoms with E-state index in [1.165, 1.54) is 36.1 Å². The van der Waals surface area contributed by atoms with Crippen molar-refractivity contribution in [3.8, 4) is 0 Å². The van der Waals surface area contributed by atoms with Crippen molar-refractivity contribution in [2.45, 2.75) is 5.03 Å². The van der Waals surface area contributed by atoms with Crippen molar-refractivity contribution in [1.29, 1.82) is 0 Å². The molecule has 0 amide bonds. The number of imidazole rings is 1. The molecular formula is C10H11FN4O2S. The van der Waals surface area contributed by atoms with Crippen LogP contribution in [-0.2, 0) is 17.1 Å². The van der Waals surface area contributed by atoms with Crippen molar-refractivity contribution in [3.63, 3.8) is 0 Å². The first-order valence-electron chi connectivity index (χ1n) is 4.96. The van der Waals surface area contributed by atoms with Crippen molar-refractivity contribution in [2.24, 2.45) is 7.05 Å². The van der Waals surface area contributed by atoms with Gasteiger partial charge in [0.1, 0.15) is 5.82 Å². The van der Waals surface area contributed by atoms with E-state index in [1.807, 2.05) is 0 Å². The molecule has 0 spiro atoms. The Morgan fingerprint density at radius 3 is 2.61 bits per heavy atom. The van der Waals surface area contributed by atoms with Crippen LogP contribution in [-0.4, -0.2) is 18.0 Å². The van der Waals surface area contributed by atoms with E-state index in [-0.39, 0.29) is 16.5 Å². The first kappa shape index (κ1) is 12.4. The number of sulfonamides is 1. The van der Waals surface area contributed by atoms with E-state index in [0.717, 1.165) is 6.07 Å². The summed E-state index contributed by atoms with van der Waals surface area (Å²) in [5.41, 5.74) is 5.33. The van der Waals surface area contributed by atoms with Gasteiger partial charge < -0.3 is 10.3 Å². The molecule has 0 aliphatic rings. The highest BCUT2D eigenvalue weighted by molar-refractivity contribution is 7.92. The SMILES string of the molecule is Cn1cnc(N)c1S(=O)(=O)Nc1ccccc1F. The largest absolute Gasteiger partial charge is 0.381 e. The zero-order chi connectivity index (χ0) is 13.3. The number of aromatic nitrogens is 2. The summed E-state index contributed by atoms with van der Waals surface area (Å²) in [6.45, 7) is 0. The molecule has 1 heterocycles. The lowest BCUT2D eigenvalue weighted by atomic mass is 10.3. The number of hydrogen-bond acceptors (Lipinski definition) is 4. The Balaban J connectivity index is 2.43. The van der Waals surface area contributed by atoms with Crippen LogP contribution >= 0.6 is 0 Å². The number of nitrogen functional groups attached to an aromatic ring is 1. The molecule has 8 heteroatoms. The molecule has 2 rings (SSSR count). The summed E-state index contributed by atoms with van der Waals surface area (Å²) < 4.78 is 40.8. The van der Waals surface area contributed by atoms with E-state index >= 15 is 0 Å². The van der Waals surface area contributed by atoms with E-state index in [2.05, 4.69) is 9.71 Å². The minimum Gasteiger partial charge on any atom is -0.381 e. The standard InChI is InChI=1S/C10H11FN4O2S/c1-15-6-13-9(12)10(15)18(16,17)14-8-5-3-2-4-7(8)11/h2-6,14H,12H2,1H3. The minimum atomic E-state index is -3.97. The van der Waals surface area contributed by atoms with E-state index in [0.29, 0.717) is 0 Å². The van der Waals surface area contributed by atoms with Crippen LogP contribution in [0, 0.1) is 5.82 Å². The Labute approximate surface area is 103 Å². The fourth-order valence-electron chi connectivity index (χ4n) is 1.50. The van der Waals surface area contributed by atoms with Gasteiger partial charge in [-0.05, 0) is 12.1 Å². The number of halogens is 1. The number of nitrogens with one attached hydrogen (secondary N) is 1. The molecule has 0 saturated heterocycles. The maximum absolute atomic E-state index is 13.4. The highest BCUT2D eigenvalue weighted by Crippen LogP contribution is 2.21. The maximum atomic E-state index is 13.4. The number of nitrogens with zero attached hydrogens (tertiary/aromatic N) is 2. The Bertz CT molecular complexity index is 661. The Morgan fingerprint density at radius 2 is 2.06 bits per heavy atom. The average molecular weight is 270 g/mol. The maximum Gasteiger partial charge on any atom is 0.281 e. The predicted octanol–water partition coefficient (Wildman–Crippen LogP) is 0.942. The molecule has 1 aromatic heterocycles. The van der Waals surface area contributed by atoms with Crippen LogP contribution in [0.1, 0.15) is 0 Å². The molecule has 0 radical (unpaired) electrons. The third-order valence-electron chi connectivity index (χ3n) is 2.28. The summed E-state index contributed by atoms with van der Waals surface area (Å²) in [7, 11) is -2.48. The lowest BCUT2D eigenvalue weighted by Crippen LogP contribution is -2.18. The second-order valence-corrected chi connectivity index (χ2v) is 5.23. The molecular weight excluding hydrogens is 259 g/mol. The van der Waals surface area contributed by atoms with Gasteiger partial charge in [0.25, 0.3) is 10.0 Å². The summed E-state index contributed by atoms with van der Waals surface area (Å²) in [4.78, 5) is 3.67. The number of para-hydroxylation sites is 1. The van der Waals surface area contributed by atoms with Crippen molar-refractivity contribution >= 4 is 21.5 Å². The molecule has 96 valence electrons. The Morgan fingerprint density at radius 1 is 1.39 bits per heavy atom. The molecule has 0 saturated carbocycles. The number of benzene rings is 1. The lowest BCUT2D eigenvalue weighted by Gasteiger charge is -2.09. The summed E-state index contributed by atoms with van der Waals surface area (Å²) in [5.74, 6) is -0.803. The van der Waals surface area contributed by atoms with Crippen LogP contribution in [0.2, 0.25) is 0 Å². The first-order chi connectivity index (χ1) is 8.42. The quantitative estimate of drug-likeness (QED) is 0.868.